The van der Waals surface area contributed by atoms with Crippen LogP contribution in [0.5, 0.6) is 0 Å². The molecule has 0 unspecified atom stereocenters. The predicted octanol–water partition coefficient (Wildman–Crippen LogP) is 3.85. The topological polar surface area (TPSA) is 212 Å². The molecule has 2 amide bonds. The minimum Gasteiger partial charge on any atom is -0.480 e. The fourth-order valence-corrected chi connectivity index (χ4v) is 11.0. The average Bonchev–Trinajstić information content (AvgIpc) is 4.05. The minimum atomic E-state index is -4.37. The Labute approximate surface area is 392 Å². The van der Waals surface area contributed by atoms with Crippen molar-refractivity contribution in [3.8, 4) is 11.1 Å². The van der Waals surface area contributed by atoms with E-state index in [4.69, 9.17) is 0 Å². The zero-order chi connectivity index (χ0) is 48.7. The molecule has 4 aromatic rings. The minimum absolute atomic E-state index is 0.00445. The van der Waals surface area contributed by atoms with Crippen LogP contribution in [0, 0.1) is 23.0 Å². The number of nitrogens with zero attached hydrogens (tertiary/aromatic N) is 6. The van der Waals surface area contributed by atoms with Crippen molar-refractivity contribution in [2.45, 2.75) is 70.8 Å². The van der Waals surface area contributed by atoms with E-state index in [0.717, 1.165) is 73.3 Å². The van der Waals surface area contributed by atoms with Gasteiger partial charge in [0.2, 0.25) is 17.6 Å². The number of hydrogen-bond acceptors (Lipinski definition) is 11. The number of aliphatic carboxylic acids is 1. The molecule has 6 heterocycles. The van der Waals surface area contributed by atoms with Crippen molar-refractivity contribution in [2.75, 3.05) is 81.6 Å². The van der Waals surface area contributed by atoms with Gasteiger partial charge < -0.3 is 35.2 Å². The highest BCUT2D eigenvalue weighted by Crippen LogP contribution is 2.33. The molecule has 8 rings (SSSR count). The molecule has 2 aromatic carbocycles. The number of carbonyl (C=O) groups excluding carboxylic acids is 3. The smallest absolute Gasteiger partial charge is 0.326 e. The van der Waals surface area contributed by atoms with Crippen molar-refractivity contribution < 1.29 is 51.0 Å². The van der Waals surface area contributed by atoms with Gasteiger partial charge in [0.15, 0.2) is 5.82 Å². The van der Waals surface area contributed by atoms with Gasteiger partial charge in [-0.3, -0.25) is 24.0 Å². The Morgan fingerprint density at radius 1 is 0.912 bits per heavy atom. The largest absolute Gasteiger partial charge is 0.480 e. The number of anilines is 2. The predicted molar refractivity (Wildman–Crippen MR) is 248 cm³/mol. The van der Waals surface area contributed by atoms with Crippen LogP contribution in [0.25, 0.3) is 22.2 Å². The van der Waals surface area contributed by atoms with Crippen molar-refractivity contribution in [1.82, 2.24) is 34.3 Å². The number of rotatable bonds is 14. The van der Waals surface area contributed by atoms with E-state index in [0.29, 0.717) is 35.6 Å². The molecule has 0 aliphatic carbocycles. The summed E-state index contributed by atoms with van der Waals surface area (Å²) in [6, 6.07) is 9.25. The molecule has 4 atom stereocenters. The Morgan fingerprint density at radius 3 is 2.25 bits per heavy atom. The summed E-state index contributed by atoms with van der Waals surface area (Å²) in [4.78, 5) is 67.6. The van der Waals surface area contributed by atoms with Gasteiger partial charge in [0.25, 0.3) is 0 Å². The number of benzene rings is 2. The number of aromatic nitrogens is 2. The van der Waals surface area contributed by atoms with Gasteiger partial charge in [-0.05, 0) is 66.5 Å². The molecular formula is C47H58F3N9O8S. The van der Waals surface area contributed by atoms with Crippen LogP contribution in [0.4, 0.5) is 24.5 Å². The van der Waals surface area contributed by atoms with Crippen LogP contribution in [0.1, 0.15) is 62.4 Å². The number of H-pyrrole nitrogens is 1. The van der Waals surface area contributed by atoms with Crippen molar-refractivity contribution in [1.29, 1.82) is 0 Å². The summed E-state index contributed by atoms with van der Waals surface area (Å²) in [6.07, 6.45) is 2.60. The number of hydrogen-bond donors (Lipinski definition) is 5. The van der Waals surface area contributed by atoms with Crippen LogP contribution in [-0.2, 0) is 24.6 Å². The lowest BCUT2D eigenvalue weighted by molar-refractivity contribution is -0.150. The second kappa shape index (κ2) is 19.8. The molecule has 366 valence electrons. The number of ketones is 1. The van der Waals surface area contributed by atoms with E-state index in [1.807, 2.05) is 49.8 Å². The van der Waals surface area contributed by atoms with E-state index in [2.05, 4.69) is 30.0 Å². The van der Waals surface area contributed by atoms with E-state index < -0.39 is 87.1 Å². The average molecular weight is 966 g/mol. The van der Waals surface area contributed by atoms with E-state index in [9.17, 15) is 42.2 Å². The first-order valence-electron chi connectivity index (χ1n) is 23.0. The Balaban J connectivity index is 0.823. The molecule has 0 spiro atoms. The number of piperazine rings is 1. The highest BCUT2D eigenvalue weighted by atomic mass is 32.2. The number of carboxylic acid groups (broad SMARTS) is 1. The molecule has 4 saturated heterocycles. The lowest BCUT2D eigenvalue weighted by Gasteiger charge is -2.39. The number of aromatic amines is 1. The van der Waals surface area contributed by atoms with Crippen LogP contribution in [0.2, 0.25) is 0 Å². The number of amides is 2. The number of carbonyl (C=O) groups is 4. The highest BCUT2D eigenvalue weighted by molar-refractivity contribution is 7.90. The summed E-state index contributed by atoms with van der Waals surface area (Å²) in [6.45, 7) is 10.6. The van der Waals surface area contributed by atoms with Gasteiger partial charge in [-0.25, -0.2) is 22.9 Å². The molecule has 0 saturated carbocycles. The van der Waals surface area contributed by atoms with Gasteiger partial charge in [0.05, 0.1) is 23.9 Å². The monoisotopic (exact) mass is 965 g/mol. The van der Waals surface area contributed by atoms with Crippen LogP contribution < -0.4 is 14.9 Å². The third kappa shape index (κ3) is 10.7. The first-order chi connectivity index (χ1) is 32.2. The Kier molecular flexibility index (Phi) is 14.2. The van der Waals surface area contributed by atoms with Gasteiger partial charge in [-0.15, -0.1) is 0 Å². The normalized spacial score (nSPS) is 21.9. The number of pyridine rings is 1. The SMILES string of the molecule is CC(C)(C)[C@H](NC(=O)CN1CCN(CC2CCN(c3ccc(-c4cnc5[nH]cc(C(=O)c6c(F)ccc(NS(=O)(=O)N7CC[C@@H](F)C7)c6F)c5c4)cc3)CC2)CC1)C(=O)N1C[C@H](O)C[C@H]1C(=O)O. The standard InChI is InChI=1S/C47H58F3N9O8S/c1-47(2,3)43(45(63)59-26-33(60)21-38(59)46(64)65)53-39(61)27-56-18-16-55(17-19-56)24-28-10-13-57(14-11-28)32-6-4-29(5-7-32)30-20-34-35(23-52-44(34)51-22-30)42(62)40-36(49)8-9-37(41(40)50)54-68(66,67)58-15-12-31(48)25-58/h4-9,20,22-23,28,31,33,38,43,54,60H,10-19,21,24-27H2,1-3H3,(H,51,52)(H,53,61)(H,64,65)/t31-,33-,38+,43-/m1/s1. The maximum Gasteiger partial charge on any atom is 0.326 e. The van der Waals surface area contributed by atoms with Crippen molar-refractivity contribution >= 4 is 56.2 Å². The summed E-state index contributed by atoms with van der Waals surface area (Å²) < 4.78 is 73.1. The second-order valence-corrected chi connectivity index (χ2v) is 21.1. The number of halogens is 3. The van der Waals surface area contributed by atoms with Gasteiger partial charge in [-0.1, -0.05) is 32.9 Å². The number of carboxylic acids is 1. The van der Waals surface area contributed by atoms with Crippen LogP contribution in [0.15, 0.2) is 54.9 Å². The fourth-order valence-electron chi connectivity index (χ4n) is 9.68. The lowest BCUT2D eigenvalue weighted by Crippen LogP contribution is -2.58. The number of aliphatic hydroxyl groups is 1. The van der Waals surface area contributed by atoms with Gasteiger partial charge >= 0.3 is 16.2 Å². The van der Waals surface area contributed by atoms with Crippen LogP contribution in [0.3, 0.4) is 0 Å². The summed E-state index contributed by atoms with van der Waals surface area (Å²) >= 11 is 0. The molecule has 68 heavy (non-hydrogen) atoms. The number of likely N-dealkylation sites (tertiary alicyclic amines) is 1. The zero-order valence-corrected chi connectivity index (χ0v) is 39.1. The molecule has 5 N–H and O–H groups in total. The lowest BCUT2D eigenvalue weighted by atomic mass is 9.85. The van der Waals surface area contributed by atoms with Crippen LogP contribution >= 0.6 is 0 Å². The maximum absolute atomic E-state index is 15.8. The molecule has 4 fully saturated rings. The Morgan fingerprint density at radius 2 is 1.60 bits per heavy atom. The third-order valence-corrected chi connectivity index (χ3v) is 15.0. The van der Waals surface area contributed by atoms with E-state index >= 15 is 8.78 Å². The summed E-state index contributed by atoms with van der Waals surface area (Å²) in [7, 11) is -4.37. The van der Waals surface area contributed by atoms with Crippen molar-refractivity contribution in [2.24, 2.45) is 11.3 Å². The van der Waals surface area contributed by atoms with E-state index in [-0.39, 0.29) is 43.9 Å². The Hall–Kier alpha value is -5.61. The molecule has 2 aromatic heterocycles. The number of β-amino-alcohol motifs (C(OH)–C–C–N with tert-alkyl or cyclic N) is 1. The second-order valence-electron chi connectivity index (χ2n) is 19.4. The molecule has 17 nitrogen and oxygen atoms in total. The number of alkyl halides is 1. The molecule has 4 aliphatic rings. The molecule has 0 radical (unpaired) electrons. The van der Waals surface area contributed by atoms with Gasteiger partial charge in [0.1, 0.15) is 29.7 Å². The molecule has 21 heteroatoms. The maximum atomic E-state index is 15.8. The van der Waals surface area contributed by atoms with Crippen molar-refractivity contribution in [3.05, 3.63) is 77.6 Å². The number of aliphatic hydroxyl groups excluding tert-OH is 1. The number of nitrogens with one attached hydrogen (secondary N) is 3. The first-order valence-corrected chi connectivity index (χ1v) is 24.4. The molecule has 4 aliphatic heterocycles. The fraction of sp³-hybridized carbons (Fsp3) is 0.511. The van der Waals surface area contributed by atoms with Crippen molar-refractivity contribution in [3.63, 3.8) is 0 Å². The van der Waals surface area contributed by atoms with E-state index in [1.165, 1.54) is 11.1 Å². The van der Waals surface area contributed by atoms with Gasteiger partial charge in [0, 0.05) is 106 Å². The Bertz CT molecular complexity index is 2650. The summed E-state index contributed by atoms with van der Waals surface area (Å²) in [5, 5.41) is 22.9. The van der Waals surface area contributed by atoms with E-state index in [1.54, 1.807) is 12.3 Å². The number of fused-ring (bicyclic) bond motifs is 1. The molecule has 0 bridgehead atoms. The zero-order valence-electron chi connectivity index (χ0n) is 38.3. The molecular weight excluding hydrogens is 908 g/mol. The first kappa shape index (κ1) is 48.8. The van der Waals surface area contributed by atoms with Crippen LogP contribution in [-0.4, -0.2) is 168 Å². The quantitative estimate of drug-likeness (QED) is 0.114. The third-order valence-electron chi connectivity index (χ3n) is 13.6. The summed E-state index contributed by atoms with van der Waals surface area (Å²) in [5.41, 5.74) is 0.502. The summed E-state index contributed by atoms with van der Waals surface area (Å²) in [5.74, 6) is -5.09. The highest BCUT2D eigenvalue weighted by Gasteiger charge is 2.45. The van der Waals surface area contributed by atoms with Gasteiger partial charge in [-0.2, -0.15) is 12.7 Å². The number of piperidine rings is 1.